The highest BCUT2D eigenvalue weighted by Crippen LogP contribution is 2.52. The molecular weight excluding hydrogens is 689 g/mol. The van der Waals surface area contributed by atoms with E-state index in [0.717, 1.165) is 38.6 Å². The Morgan fingerprint density at radius 1 is 0.614 bits per heavy atom. The number of rotatable bonds is 8. The van der Waals surface area contributed by atoms with Crippen LogP contribution in [-0.4, -0.2) is 0 Å². The molecule has 0 spiro atoms. The molecule has 276 valence electrons. The maximum Gasteiger partial charge on any atom is 0.142 e. The molecule has 0 saturated carbocycles. The largest absolute Gasteiger partial charge is 0.455 e. The lowest BCUT2D eigenvalue weighted by Crippen LogP contribution is -2.25. The van der Waals surface area contributed by atoms with Gasteiger partial charge in [0.25, 0.3) is 0 Å². The molecule has 7 aromatic rings. The van der Waals surface area contributed by atoms with Gasteiger partial charge in [-0.15, -0.1) is 0 Å². The first kappa shape index (κ1) is 36.0. The highest BCUT2D eigenvalue weighted by atomic mass is 16.3. The van der Waals surface area contributed by atoms with Crippen LogP contribution in [0.3, 0.4) is 0 Å². The minimum absolute atomic E-state index is 0.0982. The number of benzene rings is 6. The van der Waals surface area contributed by atoms with Gasteiger partial charge in [-0.25, -0.2) is 0 Å². The monoisotopic (exact) mass is 734 g/mol. The molecule has 1 heteroatoms. The predicted octanol–water partition coefficient (Wildman–Crippen LogP) is 15.9. The Labute approximate surface area is 336 Å². The summed E-state index contributed by atoms with van der Waals surface area (Å²) in [6.07, 6.45) is 19.6. The van der Waals surface area contributed by atoms with Crippen LogP contribution in [0.25, 0.3) is 71.3 Å². The summed E-state index contributed by atoms with van der Waals surface area (Å²) in [6, 6.07) is 41.8. The minimum Gasteiger partial charge on any atom is -0.455 e. The van der Waals surface area contributed by atoms with Crippen LogP contribution in [0, 0.1) is 11.8 Å². The molecule has 0 amide bonds. The van der Waals surface area contributed by atoms with Crippen molar-refractivity contribution in [3.8, 4) is 22.3 Å². The second kappa shape index (κ2) is 14.8. The van der Waals surface area contributed by atoms with Crippen LogP contribution < -0.4 is 0 Å². The SMILES string of the molecule is C=C/C=C(/C)C(=C(C)C)C1=C(C=C)C(/C=C\C)=C(c2cccc3c2oc2cc(-c4c5ccccc5c(-c5ccccc5)c5ccccc45)ccc23)C2C=CC=CC12. The fourth-order valence-electron chi connectivity index (χ4n) is 9.66. The summed E-state index contributed by atoms with van der Waals surface area (Å²) in [7, 11) is 0. The van der Waals surface area contributed by atoms with Crippen molar-refractivity contribution in [3.05, 3.63) is 222 Å². The van der Waals surface area contributed by atoms with Gasteiger partial charge < -0.3 is 4.42 Å². The van der Waals surface area contributed by atoms with Crippen LogP contribution in [0.15, 0.2) is 221 Å². The molecule has 57 heavy (non-hydrogen) atoms. The normalized spacial score (nSPS) is 17.0. The molecule has 2 atom stereocenters. The van der Waals surface area contributed by atoms with Gasteiger partial charge in [0, 0.05) is 28.2 Å². The maximum absolute atomic E-state index is 7.10. The number of fused-ring (bicyclic) bond motifs is 6. The van der Waals surface area contributed by atoms with Gasteiger partial charge in [0.2, 0.25) is 0 Å². The van der Waals surface area contributed by atoms with E-state index in [4.69, 9.17) is 4.42 Å². The van der Waals surface area contributed by atoms with Crippen molar-refractivity contribution >= 4 is 49.1 Å². The Morgan fingerprint density at radius 3 is 1.84 bits per heavy atom. The Bertz CT molecular complexity index is 2960. The average Bonchev–Trinajstić information content (AvgIpc) is 3.62. The molecule has 1 aromatic heterocycles. The van der Waals surface area contributed by atoms with Gasteiger partial charge in [0.05, 0.1) is 0 Å². The van der Waals surface area contributed by atoms with E-state index >= 15 is 0 Å². The first-order chi connectivity index (χ1) is 27.9. The van der Waals surface area contributed by atoms with E-state index in [2.05, 4.69) is 205 Å². The lowest BCUT2D eigenvalue weighted by molar-refractivity contribution is 0.632. The fourth-order valence-corrected chi connectivity index (χ4v) is 9.66. The van der Waals surface area contributed by atoms with Gasteiger partial charge in [0.1, 0.15) is 11.2 Å². The maximum atomic E-state index is 7.10. The standard InChI is InChI=1S/C56H46O/c1-7-20-36(6)51(35(4)5)55-39(9-3)41(21-8-2)54(46-28-17-18-29-47(46)55)49-31-19-30-48-40-33-32-38(34-50(40)57-56(48)49)53-44-26-15-13-24-42(44)52(37-22-11-10-12-23-37)43-25-14-16-27-45(43)53/h7-34,46-47H,1,3H2,2,4-6H3/b21-8-,36-20-. The van der Waals surface area contributed by atoms with Gasteiger partial charge in [-0.2, -0.15) is 0 Å². The zero-order valence-electron chi connectivity index (χ0n) is 33.1. The summed E-state index contributed by atoms with van der Waals surface area (Å²) < 4.78 is 7.10. The molecule has 0 radical (unpaired) electrons. The predicted molar refractivity (Wildman–Crippen MR) is 246 cm³/mol. The van der Waals surface area contributed by atoms with Gasteiger partial charge in [-0.05, 0) is 117 Å². The Hall–Kier alpha value is -6.70. The molecule has 6 aromatic carbocycles. The summed E-state index contributed by atoms with van der Waals surface area (Å²) in [4.78, 5) is 0. The van der Waals surface area contributed by atoms with Crippen molar-refractivity contribution in [2.24, 2.45) is 11.8 Å². The average molecular weight is 735 g/mol. The van der Waals surface area contributed by atoms with E-state index in [1.807, 2.05) is 6.08 Å². The van der Waals surface area contributed by atoms with E-state index < -0.39 is 0 Å². The van der Waals surface area contributed by atoms with E-state index in [0.29, 0.717) is 0 Å². The van der Waals surface area contributed by atoms with Crippen LogP contribution in [0.5, 0.6) is 0 Å². The molecule has 9 rings (SSSR count). The number of hydrogen-bond acceptors (Lipinski definition) is 1. The molecule has 1 heterocycles. The van der Waals surface area contributed by atoms with Crippen molar-refractivity contribution < 1.29 is 4.42 Å². The first-order valence-electron chi connectivity index (χ1n) is 20.0. The van der Waals surface area contributed by atoms with Gasteiger partial charge >= 0.3 is 0 Å². The number of furan rings is 1. The molecular formula is C56H46O. The second-order valence-electron chi connectivity index (χ2n) is 15.3. The Morgan fingerprint density at radius 2 is 1.23 bits per heavy atom. The molecule has 0 N–H and O–H groups in total. The van der Waals surface area contributed by atoms with Gasteiger partial charge in [-0.1, -0.05) is 177 Å². The Balaban J connectivity index is 1.30. The smallest absolute Gasteiger partial charge is 0.142 e. The molecule has 2 unspecified atom stereocenters. The van der Waals surface area contributed by atoms with Crippen LogP contribution in [-0.2, 0) is 0 Å². The molecule has 2 aliphatic carbocycles. The van der Waals surface area contributed by atoms with Crippen molar-refractivity contribution in [2.75, 3.05) is 0 Å². The highest BCUT2D eigenvalue weighted by molar-refractivity contribution is 6.22. The van der Waals surface area contributed by atoms with E-state index in [-0.39, 0.29) is 11.8 Å². The molecule has 0 saturated heterocycles. The van der Waals surface area contributed by atoms with E-state index in [1.165, 1.54) is 71.7 Å². The third kappa shape index (κ3) is 5.85. The van der Waals surface area contributed by atoms with Crippen LogP contribution in [0.1, 0.15) is 33.3 Å². The summed E-state index contributed by atoms with van der Waals surface area (Å²) >= 11 is 0. The third-order valence-electron chi connectivity index (χ3n) is 11.8. The van der Waals surface area contributed by atoms with Crippen molar-refractivity contribution in [3.63, 3.8) is 0 Å². The molecule has 0 fully saturated rings. The van der Waals surface area contributed by atoms with E-state index in [9.17, 15) is 0 Å². The fraction of sp³-hybridized carbons (Fsp3) is 0.107. The number of hydrogen-bond donors (Lipinski definition) is 0. The van der Waals surface area contributed by atoms with E-state index in [1.54, 1.807) is 0 Å². The van der Waals surface area contributed by atoms with Crippen molar-refractivity contribution in [2.45, 2.75) is 27.7 Å². The van der Waals surface area contributed by atoms with Crippen LogP contribution >= 0.6 is 0 Å². The van der Waals surface area contributed by atoms with Crippen molar-refractivity contribution in [1.82, 2.24) is 0 Å². The minimum atomic E-state index is 0.0982. The molecule has 1 nitrogen and oxygen atoms in total. The van der Waals surface area contributed by atoms with Crippen molar-refractivity contribution in [1.29, 1.82) is 0 Å². The molecule has 2 aliphatic rings. The highest BCUT2D eigenvalue weighted by Gasteiger charge is 2.37. The summed E-state index contributed by atoms with van der Waals surface area (Å²) in [5, 5.41) is 7.17. The third-order valence-corrected chi connectivity index (χ3v) is 11.8. The first-order valence-corrected chi connectivity index (χ1v) is 20.0. The second-order valence-corrected chi connectivity index (χ2v) is 15.3. The zero-order chi connectivity index (χ0) is 39.2. The zero-order valence-corrected chi connectivity index (χ0v) is 33.1. The molecule has 0 aliphatic heterocycles. The van der Waals surface area contributed by atoms with Crippen LogP contribution in [0.4, 0.5) is 0 Å². The summed E-state index contributed by atoms with van der Waals surface area (Å²) in [6.45, 7) is 17.2. The van der Waals surface area contributed by atoms with Crippen LogP contribution in [0.2, 0.25) is 0 Å². The van der Waals surface area contributed by atoms with Gasteiger partial charge in [0.15, 0.2) is 0 Å². The van der Waals surface area contributed by atoms with Gasteiger partial charge in [-0.3, -0.25) is 0 Å². The number of para-hydroxylation sites is 1. The quantitative estimate of drug-likeness (QED) is 0.112. The lowest BCUT2D eigenvalue weighted by atomic mass is 9.65. The lowest BCUT2D eigenvalue weighted by Gasteiger charge is -2.38. The topological polar surface area (TPSA) is 13.1 Å². The summed E-state index contributed by atoms with van der Waals surface area (Å²) in [5.41, 5.74) is 16.4. The molecule has 0 bridgehead atoms. The number of allylic oxidation sites excluding steroid dienone is 16. The Kier molecular flexibility index (Phi) is 9.31. The summed E-state index contributed by atoms with van der Waals surface area (Å²) in [5.74, 6) is 0.220.